The maximum Gasteiger partial charge on any atom is 0.275 e. The first kappa shape index (κ1) is 11.9. The van der Waals surface area contributed by atoms with E-state index >= 15 is 0 Å². The Bertz CT molecular complexity index is 432. The second kappa shape index (κ2) is 5.07. The van der Waals surface area contributed by atoms with Crippen LogP contribution in [0.2, 0.25) is 0 Å². The van der Waals surface area contributed by atoms with E-state index in [4.69, 9.17) is 6.42 Å². The highest BCUT2D eigenvalue weighted by Gasteiger charge is 2.16. The molecular formula is C10H8F2N2O2. The molecule has 1 rings (SSSR count). The number of anilines is 1. The normalized spacial score (nSPS) is 9.56. The molecule has 84 valence electrons. The number of non-ortho nitro benzene ring substituents is 1. The molecule has 1 aromatic carbocycles. The van der Waals surface area contributed by atoms with Crippen molar-refractivity contribution in [3.8, 4) is 12.3 Å². The van der Waals surface area contributed by atoms with Gasteiger partial charge in [0.15, 0.2) is 11.6 Å². The maximum atomic E-state index is 13.2. The fourth-order valence-corrected chi connectivity index (χ4v) is 1.09. The molecule has 16 heavy (non-hydrogen) atoms. The number of nitro benzene ring substituents is 1. The van der Waals surface area contributed by atoms with Crippen LogP contribution in [0.4, 0.5) is 20.2 Å². The van der Waals surface area contributed by atoms with Gasteiger partial charge in [0.05, 0.1) is 17.1 Å². The molecule has 0 bridgehead atoms. The van der Waals surface area contributed by atoms with Gasteiger partial charge >= 0.3 is 0 Å². The van der Waals surface area contributed by atoms with Crippen LogP contribution in [-0.4, -0.2) is 11.5 Å². The van der Waals surface area contributed by atoms with Crippen molar-refractivity contribution >= 4 is 11.4 Å². The molecule has 0 aromatic heterocycles. The van der Waals surface area contributed by atoms with Gasteiger partial charge in [-0.05, 0) is 0 Å². The Morgan fingerprint density at radius 2 is 2.00 bits per heavy atom. The summed E-state index contributed by atoms with van der Waals surface area (Å²) in [5, 5.41) is 12.7. The summed E-state index contributed by atoms with van der Waals surface area (Å²) in [6.45, 7) is 0.197. The minimum atomic E-state index is -1.01. The van der Waals surface area contributed by atoms with Gasteiger partial charge in [0, 0.05) is 13.0 Å². The van der Waals surface area contributed by atoms with Gasteiger partial charge in [-0.15, -0.1) is 12.3 Å². The van der Waals surface area contributed by atoms with Crippen LogP contribution in [0, 0.1) is 34.1 Å². The first-order valence-corrected chi connectivity index (χ1v) is 4.37. The van der Waals surface area contributed by atoms with E-state index in [0.717, 1.165) is 0 Å². The van der Waals surface area contributed by atoms with Gasteiger partial charge < -0.3 is 5.32 Å². The summed E-state index contributed by atoms with van der Waals surface area (Å²) in [6, 6.07) is 1.31. The molecule has 0 aliphatic carbocycles. The molecule has 0 aliphatic rings. The van der Waals surface area contributed by atoms with E-state index in [1.165, 1.54) is 0 Å². The average Bonchev–Trinajstić information content (AvgIpc) is 2.21. The van der Waals surface area contributed by atoms with E-state index in [1.54, 1.807) is 0 Å². The minimum Gasteiger partial charge on any atom is -0.379 e. The number of benzene rings is 1. The number of rotatable bonds is 4. The zero-order chi connectivity index (χ0) is 12.1. The Labute approximate surface area is 90.4 Å². The molecule has 0 spiro atoms. The minimum absolute atomic E-state index is 0.197. The van der Waals surface area contributed by atoms with Gasteiger partial charge in [0.1, 0.15) is 5.69 Å². The van der Waals surface area contributed by atoms with E-state index in [1.807, 2.05) is 0 Å². The lowest BCUT2D eigenvalue weighted by molar-refractivity contribution is -0.385. The van der Waals surface area contributed by atoms with E-state index in [9.17, 15) is 18.9 Å². The highest BCUT2D eigenvalue weighted by Crippen LogP contribution is 2.24. The second-order valence-corrected chi connectivity index (χ2v) is 2.92. The standard InChI is InChI=1S/C10H8F2N2O2/c1-2-3-4-13-10-8(11)5-7(14(15)16)6-9(10)12/h1,5-6,13H,3-4H2. The van der Waals surface area contributed by atoms with Crippen LogP contribution in [0.15, 0.2) is 12.1 Å². The summed E-state index contributed by atoms with van der Waals surface area (Å²) >= 11 is 0. The summed E-state index contributed by atoms with van der Waals surface area (Å²) < 4.78 is 26.5. The smallest absolute Gasteiger partial charge is 0.275 e. The van der Waals surface area contributed by atoms with Gasteiger partial charge in [-0.25, -0.2) is 8.78 Å². The molecule has 1 aromatic rings. The molecule has 0 saturated heterocycles. The first-order chi connectivity index (χ1) is 7.56. The van der Waals surface area contributed by atoms with Crippen molar-refractivity contribution in [2.45, 2.75) is 6.42 Å². The van der Waals surface area contributed by atoms with Gasteiger partial charge in [-0.1, -0.05) is 0 Å². The van der Waals surface area contributed by atoms with E-state index in [0.29, 0.717) is 18.6 Å². The lowest BCUT2D eigenvalue weighted by Crippen LogP contribution is -2.05. The third kappa shape index (κ3) is 2.67. The summed E-state index contributed by atoms with van der Waals surface area (Å²) in [5.41, 5.74) is -1.03. The van der Waals surface area contributed by atoms with Gasteiger partial charge in [0.25, 0.3) is 5.69 Å². The number of halogens is 2. The number of nitrogens with zero attached hydrogens (tertiary/aromatic N) is 1. The molecule has 0 unspecified atom stereocenters. The van der Waals surface area contributed by atoms with Crippen LogP contribution >= 0.6 is 0 Å². The SMILES string of the molecule is C#CCCNc1c(F)cc([N+](=O)[O-])cc1F. The largest absolute Gasteiger partial charge is 0.379 e. The maximum absolute atomic E-state index is 13.2. The molecular weight excluding hydrogens is 218 g/mol. The molecule has 4 nitrogen and oxygen atoms in total. The third-order valence-electron chi connectivity index (χ3n) is 1.81. The summed E-state index contributed by atoms with van der Waals surface area (Å²) in [5.74, 6) is 0.270. The van der Waals surface area contributed by atoms with Crippen LogP contribution < -0.4 is 5.32 Å². The van der Waals surface area contributed by atoms with E-state index in [2.05, 4.69) is 11.2 Å². The predicted molar refractivity (Wildman–Crippen MR) is 55.0 cm³/mol. The van der Waals surface area contributed by atoms with Crippen molar-refractivity contribution in [1.29, 1.82) is 0 Å². The summed E-state index contributed by atoms with van der Waals surface area (Å²) in [6.07, 6.45) is 5.27. The molecule has 0 saturated carbocycles. The van der Waals surface area contributed by atoms with Crippen LogP contribution in [0.1, 0.15) is 6.42 Å². The Hall–Kier alpha value is -2.16. The zero-order valence-corrected chi connectivity index (χ0v) is 8.17. The van der Waals surface area contributed by atoms with Crippen LogP contribution in [0.3, 0.4) is 0 Å². The molecule has 0 aliphatic heterocycles. The fraction of sp³-hybridized carbons (Fsp3) is 0.200. The van der Waals surface area contributed by atoms with Gasteiger partial charge in [0.2, 0.25) is 0 Å². The summed E-state index contributed by atoms with van der Waals surface area (Å²) in [4.78, 5) is 9.44. The Morgan fingerprint density at radius 3 is 2.44 bits per heavy atom. The fourth-order valence-electron chi connectivity index (χ4n) is 1.09. The Morgan fingerprint density at radius 1 is 1.44 bits per heavy atom. The molecule has 0 radical (unpaired) electrons. The second-order valence-electron chi connectivity index (χ2n) is 2.92. The molecule has 0 atom stereocenters. The van der Waals surface area contributed by atoms with Gasteiger partial charge in [-0.3, -0.25) is 10.1 Å². The van der Waals surface area contributed by atoms with Crippen molar-refractivity contribution in [2.24, 2.45) is 0 Å². The zero-order valence-electron chi connectivity index (χ0n) is 8.17. The molecule has 0 heterocycles. The van der Waals surface area contributed by atoms with Crippen molar-refractivity contribution in [3.63, 3.8) is 0 Å². The number of hydrogen-bond acceptors (Lipinski definition) is 3. The highest BCUT2D eigenvalue weighted by molar-refractivity contribution is 5.51. The van der Waals surface area contributed by atoms with Gasteiger partial charge in [-0.2, -0.15) is 0 Å². The Balaban J connectivity index is 2.95. The first-order valence-electron chi connectivity index (χ1n) is 4.37. The number of terminal acetylenes is 1. The van der Waals surface area contributed by atoms with Crippen molar-refractivity contribution in [1.82, 2.24) is 0 Å². The highest BCUT2D eigenvalue weighted by atomic mass is 19.1. The van der Waals surface area contributed by atoms with Crippen molar-refractivity contribution in [3.05, 3.63) is 33.9 Å². The lowest BCUT2D eigenvalue weighted by Gasteiger charge is -2.06. The van der Waals surface area contributed by atoms with Crippen molar-refractivity contribution < 1.29 is 13.7 Å². The van der Waals surface area contributed by atoms with Crippen molar-refractivity contribution in [2.75, 3.05) is 11.9 Å². The number of nitrogens with one attached hydrogen (secondary N) is 1. The third-order valence-corrected chi connectivity index (χ3v) is 1.81. The van der Waals surface area contributed by atoms with Crippen LogP contribution in [0.5, 0.6) is 0 Å². The molecule has 0 fully saturated rings. The molecule has 1 N–H and O–H groups in total. The quantitative estimate of drug-likeness (QED) is 0.371. The monoisotopic (exact) mass is 226 g/mol. The van der Waals surface area contributed by atoms with Crippen LogP contribution in [-0.2, 0) is 0 Å². The number of nitro groups is 1. The molecule has 6 heteroatoms. The number of hydrogen-bond donors (Lipinski definition) is 1. The van der Waals surface area contributed by atoms with Crippen LogP contribution in [0.25, 0.3) is 0 Å². The average molecular weight is 226 g/mol. The topological polar surface area (TPSA) is 55.2 Å². The lowest BCUT2D eigenvalue weighted by atomic mass is 10.2. The van der Waals surface area contributed by atoms with E-state index < -0.39 is 27.9 Å². The summed E-state index contributed by atoms with van der Waals surface area (Å²) in [7, 11) is 0. The Kier molecular flexibility index (Phi) is 3.78. The van der Waals surface area contributed by atoms with E-state index in [-0.39, 0.29) is 6.54 Å². The predicted octanol–water partition coefficient (Wildman–Crippen LogP) is 2.31. The molecule has 0 amide bonds.